The predicted octanol–water partition coefficient (Wildman–Crippen LogP) is 7.01. The molecule has 5 nitrogen and oxygen atoms in total. The summed E-state index contributed by atoms with van der Waals surface area (Å²) in [4.78, 5) is 17.3. The van der Waals surface area contributed by atoms with Crippen LogP contribution in [0, 0.1) is 12.7 Å². The summed E-state index contributed by atoms with van der Waals surface area (Å²) in [5.74, 6) is 0.402. The molecule has 7 heteroatoms. The lowest BCUT2D eigenvalue weighted by Gasteiger charge is -2.31. The van der Waals surface area contributed by atoms with Gasteiger partial charge < -0.3 is 19.5 Å². The van der Waals surface area contributed by atoms with Gasteiger partial charge in [0.2, 0.25) is 0 Å². The molecule has 36 heavy (non-hydrogen) atoms. The smallest absolute Gasteiger partial charge is 0.322 e. The maximum absolute atomic E-state index is 14.3. The van der Waals surface area contributed by atoms with Gasteiger partial charge in [-0.15, -0.1) is 11.3 Å². The molecule has 3 heterocycles. The molecular weight excluding hydrogens is 473 g/mol. The first-order chi connectivity index (χ1) is 17.5. The summed E-state index contributed by atoms with van der Waals surface area (Å²) in [7, 11) is 1.65. The zero-order chi connectivity index (χ0) is 24.8. The fraction of sp³-hybridized carbons (Fsp3) is 0.276. The number of hydrogen-bond donors (Lipinski definition) is 1. The zero-order valence-electron chi connectivity index (χ0n) is 20.4. The number of ether oxygens (including phenoxy) is 1. The molecule has 2 aromatic carbocycles. The lowest BCUT2D eigenvalue weighted by Crippen LogP contribution is -2.38. The number of aromatic nitrogens is 1. The van der Waals surface area contributed by atoms with Gasteiger partial charge in [0.1, 0.15) is 16.6 Å². The number of benzene rings is 2. The molecule has 0 fully saturated rings. The Balaban J connectivity index is 1.49. The molecule has 1 N–H and O–H groups in total. The average molecular weight is 502 g/mol. The van der Waals surface area contributed by atoms with Crippen LogP contribution in [-0.2, 0) is 19.4 Å². The summed E-state index contributed by atoms with van der Waals surface area (Å²) in [6.07, 6.45) is 6.61. The first-order valence-corrected chi connectivity index (χ1v) is 13.1. The number of thiophene rings is 1. The number of carbonyl (C=O) groups excluding carboxylic acids is 1. The third-order valence-corrected chi connectivity index (χ3v) is 8.61. The highest BCUT2D eigenvalue weighted by Gasteiger charge is 2.36. The molecule has 2 aromatic heterocycles. The van der Waals surface area contributed by atoms with Crippen molar-refractivity contribution in [2.24, 2.45) is 0 Å². The van der Waals surface area contributed by atoms with Gasteiger partial charge in [-0.25, -0.2) is 9.18 Å². The highest BCUT2D eigenvalue weighted by atomic mass is 32.1. The maximum Gasteiger partial charge on any atom is 0.322 e. The summed E-state index contributed by atoms with van der Waals surface area (Å²) in [6, 6.07) is 16.2. The molecule has 1 atom stereocenters. The summed E-state index contributed by atoms with van der Waals surface area (Å²) in [6.45, 7) is 2.19. The van der Waals surface area contributed by atoms with E-state index in [9.17, 15) is 9.18 Å². The minimum Gasteiger partial charge on any atom is -0.497 e. The van der Waals surface area contributed by atoms with Gasteiger partial charge in [0.15, 0.2) is 0 Å². The van der Waals surface area contributed by atoms with E-state index in [1.54, 1.807) is 26.2 Å². The summed E-state index contributed by atoms with van der Waals surface area (Å²) in [5.41, 5.74) is 5.59. The van der Waals surface area contributed by atoms with E-state index in [0.29, 0.717) is 17.8 Å². The molecule has 2 amide bonds. The van der Waals surface area contributed by atoms with Gasteiger partial charge in [-0.2, -0.15) is 0 Å². The van der Waals surface area contributed by atoms with Gasteiger partial charge in [-0.05, 0) is 85.7 Å². The van der Waals surface area contributed by atoms with Gasteiger partial charge >= 0.3 is 6.03 Å². The Hall–Kier alpha value is -3.58. The van der Waals surface area contributed by atoms with E-state index in [1.807, 2.05) is 46.6 Å². The van der Waals surface area contributed by atoms with Gasteiger partial charge in [0.05, 0.1) is 25.4 Å². The molecule has 0 radical (unpaired) electrons. The van der Waals surface area contributed by atoms with Crippen LogP contribution in [0.25, 0.3) is 5.00 Å². The minimum atomic E-state index is -0.343. The largest absolute Gasteiger partial charge is 0.497 e. The second kappa shape index (κ2) is 9.13. The van der Waals surface area contributed by atoms with E-state index in [2.05, 4.69) is 22.1 Å². The number of aryl methyl sites for hydroxylation is 2. The van der Waals surface area contributed by atoms with Crippen molar-refractivity contribution in [1.29, 1.82) is 0 Å². The fourth-order valence-electron chi connectivity index (χ4n) is 5.41. The normalized spacial score (nSPS) is 16.5. The number of nitrogens with one attached hydrogen (secondary N) is 1. The van der Waals surface area contributed by atoms with Crippen molar-refractivity contribution < 1.29 is 13.9 Å². The van der Waals surface area contributed by atoms with Crippen LogP contribution in [0.4, 0.5) is 14.9 Å². The SMILES string of the molecule is COc1cccc([C@@H]2c3cccn3-c3sc4c(c3CN2C(=O)Nc2ccc(C)c(F)c2)CCCC4)c1. The first-order valence-electron chi connectivity index (χ1n) is 12.3. The molecule has 184 valence electrons. The zero-order valence-corrected chi connectivity index (χ0v) is 21.2. The van der Waals surface area contributed by atoms with Gasteiger partial charge in [0, 0.05) is 22.3 Å². The van der Waals surface area contributed by atoms with Gasteiger partial charge in [-0.1, -0.05) is 18.2 Å². The van der Waals surface area contributed by atoms with Crippen molar-refractivity contribution in [1.82, 2.24) is 9.47 Å². The quantitative estimate of drug-likeness (QED) is 0.328. The summed E-state index contributed by atoms with van der Waals surface area (Å²) >= 11 is 1.85. The van der Waals surface area contributed by atoms with Crippen LogP contribution in [0.1, 0.15) is 51.7 Å². The Labute approximate surface area is 214 Å². The molecule has 4 aromatic rings. The van der Waals surface area contributed by atoms with E-state index in [4.69, 9.17) is 4.74 Å². The number of fused-ring (bicyclic) bond motifs is 5. The second-order valence-electron chi connectivity index (χ2n) is 9.50. The van der Waals surface area contributed by atoms with E-state index < -0.39 is 0 Å². The van der Waals surface area contributed by atoms with Gasteiger partial charge in [-0.3, -0.25) is 0 Å². The van der Waals surface area contributed by atoms with Crippen molar-refractivity contribution in [2.45, 2.75) is 45.2 Å². The minimum absolute atomic E-state index is 0.262. The average Bonchev–Trinajstić information content (AvgIpc) is 3.48. The number of methoxy groups -OCH3 is 1. The highest BCUT2D eigenvalue weighted by Crippen LogP contribution is 2.44. The first kappa shape index (κ1) is 22.9. The Kier molecular flexibility index (Phi) is 5.80. The Morgan fingerprint density at radius 1 is 1.08 bits per heavy atom. The highest BCUT2D eigenvalue weighted by molar-refractivity contribution is 7.15. The summed E-state index contributed by atoms with van der Waals surface area (Å²) in [5, 5.41) is 4.17. The van der Waals surface area contributed by atoms with Crippen LogP contribution in [-0.4, -0.2) is 22.6 Å². The van der Waals surface area contributed by atoms with Crippen molar-refractivity contribution in [3.63, 3.8) is 0 Å². The molecule has 2 aliphatic rings. The van der Waals surface area contributed by atoms with Crippen LogP contribution >= 0.6 is 11.3 Å². The Morgan fingerprint density at radius 2 is 1.94 bits per heavy atom. The molecule has 1 aliphatic carbocycles. The standard InChI is InChI=1S/C29H28FN3O2S/c1-18-12-13-20(16-24(18)30)31-29(34)33-17-23-22-9-3-4-11-26(22)36-28(23)32-14-6-10-25(32)27(33)19-7-5-8-21(15-19)35-2/h5-8,10,12-16,27H,3-4,9,11,17H2,1-2H3,(H,31,34)/t27-/m1/s1. The van der Waals surface area contributed by atoms with E-state index in [0.717, 1.165) is 29.8 Å². The van der Waals surface area contributed by atoms with Crippen molar-refractivity contribution in [2.75, 3.05) is 12.4 Å². The van der Waals surface area contributed by atoms with Crippen LogP contribution in [0.2, 0.25) is 0 Å². The number of amides is 2. The predicted molar refractivity (Wildman–Crippen MR) is 141 cm³/mol. The van der Waals surface area contributed by atoms with Crippen LogP contribution < -0.4 is 10.1 Å². The molecular formula is C29H28FN3O2S. The number of carbonyl (C=O) groups is 1. The molecule has 0 saturated heterocycles. The number of hydrogen-bond acceptors (Lipinski definition) is 3. The molecule has 1 aliphatic heterocycles. The number of urea groups is 1. The topological polar surface area (TPSA) is 46.5 Å². The van der Waals surface area contributed by atoms with Gasteiger partial charge in [0.25, 0.3) is 0 Å². The fourth-order valence-corrected chi connectivity index (χ4v) is 6.82. The molecule has 0 spiro atoms. The third kappa shape index (κ3) is 3.88. The van der Waals surface area contributed by atoms with E-state index >= 15 is 0 Å². The molecule has 0 saturated carbocycles. The van der Waals surface area contributed by atoms with Crippen molar-refractivity contribution in [3.8, 4) is 10.8 Å². The van der Waals surface area contributed by atoms with Crippen LogP contribution in [0.15, 0.2) is 60.8 Å². The number of halogens is 1. The molecule has 6 rings (SSSR count). The third-order valence-electron chi connectivity index (χ3n) is 7.27. The van der Waals surface area contributed by atoms with Crippen LogP contribution in [0.5, 0.6) is 5.75 Å². The molecule has 0 unspecified atom stereocenters. The number of nitrogens with zero attached hydrogens (tertiary/aromatic N) is 2. The number of anilines is 1. The lowest BCUT2D eigenvalue weighted by atomic mass is 9.95. The maximum atomic E-state index is 14.3. The van der Waals surface area contributed by atoms with E-state index in [-0.39, 0.29) is 17.9 Å². The second-order valence-corrected chi connectivity index (χ2v) is 10.6. The molecule has 0 bridgehead atoms. The Bertz CT molecular complexity index is 1460. The van der Waals surface area contributed by atoms with Crippen LogP contribution in [0.3, 0.4) is 0 Å². The lowest BCUT2D eigenvalue weighted by molar-refractivity contribution is 0.194. The number of rotatable bonds is 3. The van der Waals surface area contributed by atoms with E-state index in [1.165, 1.54) is 39.9 Å². The Morgan fingerprint density at radius 3 is 2.78 bits per heavy atom. The van der Waals surface area contributed by atoms with Crippen molar-refractivity contribution in [3.05, 3.63) is 99.4 Å². The summed E-state index contributed by atoms with van der Waals surface area (Å²) < 4.78 is 22.0. The monoisotopic (exact) mass is 501 g/mol. The van der Waals surface area contributed by atoms with Crippen molar-refractivity contribution >= 4 is 23.1 Å².